The zero-order chi connectivity index (χ0) is 19.6. The first-order chi connectivity index (χ1) is 12.8. The molecular weight excluding hydrogens is 384 g/mol. The summed E-state index contributed by atoms with van der Waals surface area (Å²) in [5, 5.41) is 0. The van der Waals surface area contributed by atoms with Gasteiger partial charge in [0, 0.05) is 35.9 Å². The number of hydrogen-bond acceptors (Lipinski definition) is 5. The molecule has 0 atom stereocenters. The number of carbonyl (C=O) groups excluding carboxylic acids is 1. The normalized spacial score (nSPS) is 15.7. The zero-order valence-corrected chi connectivity index (χ0v) is 17.4. The van der Waals surface area contributed by atoms with Gasteiger partial charge in [-0.15, -0.1) is 11.3 Å². The van der Waals surface area contributed by atoms with Crippen LogP contribution in [0.5, 0.6) is 5.75 Å². The van der Waals surface area contributed by atoms with E-state index in [-0.39, 0.29) is 12.5 Å². The van der Waals surface area contributed by atoms with Crippen molar-refractivity contribution in [1.29, 1.82) is 0 Å². The van der Waals surface area contributed by atoms with Crippen molar-refractivity contribution in [3.8, 4) is 5.75 Å². The summed E-state index contributed by atoms with van der Waals surface area (Å²) < 4.78 is 32.8. The molecule has 27 heavy (non-hydrogen) atoms. The molecule has 2 aromatic rings. The van der Waals surface area contributed by atoms with E-state index in [0.717, 1.165) is 15.3 Å². The van der Waals surface area contributed by atoms with Crippen LogP contribution in [-0.2, 0) is 14.8 Å². The fourth-order valence-corrected chi connectivity index (χ4v) is 6.08. The highest BCUT2D eigenvalue weighted by molar-refractivity contribution is 7.89. The van der Waals surface area contributed by atoms with Crippen molar-refractivity contribution in [3.63, 3.8) is 0 Å². The average Bonchev–Trinajstić information content (AvgIpc) is 3.00. The Balaban J connectivity index is 1.57. The monoisotopic (exact) mass is 408 g/mol. The van der Waals surface area contributed by atoms with E-state index in [9.17, 15) is 13.2 Å². The van der Waals surface area contributed by atoms with Crippen LogP contribution in [0.25, 0.3) is 0 Å². The van der Waals surface area contributed by atoms with Crippen molar-refractivity contribution in [2.75, 3.05) is 32.8 Å². The van der Waals surface area contributed by atoms with Gasteiger partial charge in [-0.2, -0.15) is 4.31 Å². The van der Waals surface area contributed by atoms with Crippen LogP contribution in [0.1, 0.15) is 15.3 Å². The molecule has 1 fully saturated rings. The molecule has 2 heterocycles. The third-order valence-electron chi connectivity index (χ3n) is 4.65. The number of carbonyl (C=O) groups is 1. The Morgan fingerprint density at radius 3 is 2.37 bits per heavy atom. The van der Waals surface area contributed by atoms with Crippen molar-refractivity contribution in [1.82, 2.24) is 9.21 Å². The van der Waals surface area contributed by atoms with E-state index in [2.05, 4.69) is 0 Å². The minimum absolute atomic E-state index is 0.0412. The molecule has 0 N–H and O–H groups in total. The van der Waals surface area contributed by atoms with Gasteiger partial charge in [-0.25, -0.2) is 8.42 Å². The predicted molar refractivity (Wildman–Crippen MR) is 106 cm³/mol. The van der Waals surface area contributed by atoms with E-state index in [1.165, 1.54) is 15.6 Å². The lowest BCUT2D eigenvalue weighted by Gasteiger charge is -2.34. The Hall–Kier alpha value is -1.90. The summed E-state index contributed by atoms with van der Waals surface area (Å²) >= 11 is 1.48. The summed E-state index contributed by atoms with van der Waals surface area (Å²) in [7, 11) is -3.51. The highest BCUT2D eigenvalue weighted by Gasteiger charge is 2.31. The van der Waals surface area contributed by atoms with Crippen LogP contribution in [-0.4, -0.2) is 56.3 Å². The molecule has 1 aliphatic rings. The smallest absolute Gasteiger partial charge is 0.260 e. The first kappa shape index (κ1) is 19.9. The lowest BCUT2D eigenvalue weighted by atomic mass is 10.2. The number of piperazine rings is 1. The summed E-state index contributed by atoms with van der Waals surface area (Å²) in [6, 6.07) is 9.27. The third-order valence-corrected chi connectivity index (χ3v) is 7.77. The van der Waals surface area contributed by atoms with E-state index >= 15 is 0 Å². The molecule has 0 radical (unpaired) electrons. The average molecular weight is 409 g/mol. The summed E-state index contributed by atoms with van der Waals surface area (Å²) in [5.41, 5.74) is 0.975. The number of ether oxygens (including phenoxy) is 1. The second-order valence-electron chi connectivity index (χ2n) is 6.62. The SMILES string of the molecule is Cc1cc(S(=O)(=O)N2CCN(C(=O)COc3ccccc3C)CC2)c(C)s1. The first-order valence-corrected chi connectivity index (χ1v) is 11.1. The van der Waals surface area contributed by atoms with Crippen LogP contribution in [0.4, 0.5) is 0 Å². The van der Waals surface area contributed by atoms with Gasteiger partial charge in [0.25, 0.3) is 5.91 Å². The second-order valence-corrected chi connectivity index (χ2v) is 9.98. The predicted octanol–water partition coefficient (Wildman–Crippen LogP) is 2.59. The molecule has 1 saturated heterocycles. The summed E-state index contributed by atoms with van der Waals surface area (Å²) in [6.07, 6.45) is 0. The van der Waals surface area contributed by atoms with Gasteiger partial charge in [-0.05, 0) is 38.5 Å². The molecule has 0 spiro atoms. The number of benzene rings is 1. The quantitative estimate of drug-likeness (QED) is 0.763. The van der Waals surface area contributed by atoms with Crippen LogP contribution < -0.4 is 4.74 Å². The standard InChI is InChI=1S/C19H24N2O4S2/c1-14-6-4-5-7-17(14)25-13-19(22)20-8-10-21(11-9-20)27(23,24)18-12-15(2)26-16(18)3/h4-7,12H,8-11,13H2,1-3H3. The van der Waals surface area contributed by atoms with Gasteiger partial charge >= 0.3 is 0 Å². The number of amides is 1. The number of hydrogen-bond donors (Lipinski definition) is 0. The van der Waals surface area contributed by atoms with Crippen molar-refractivity contribution in [2.24, 2.45) is 0 Å². The Morgan fingerprint density at radius 1 is 1.11 bits per heavy atom. The number of aryl methyl sites for hydroxylation is 3. The molecular formula is C19H24N2O4S2. The summed E-state index contributed by atoms with van der Waals surface area (Å²) in [4.78, 5) is 16.2. The Kier molecular flexibility index (Phi) is 5.88. The minimum atomic E-state index is -3.51. The van der Waals surface area contributed by atoms with Gasteiger partial charge in [0.2, 0.25) is 10.0 Å². The largest absolute Gasteiger partial charge is 0.484 e. The molecule has 0 aliphatic carbocycles. The molecule has 1 aliphatic heterocycles. The number of sulfonamides is 1. The molecule has 0 saturated carbocycles. The Morgan fingerprint density at radius 2 is 1.78 bits per heavy atom. The fourth-order valence-electron chi connectivity index (χ4n) is 3.13. The number of para-hydroxylation sites is 1. The van der Waals surface area contributed by atoms with Crippen LogP contribution >= 0.6 is 11.3 Å². The maximum Gasteiger partial charge on any atom is 0.260 e. The lowest BCUT2D eigenvalue weighted by Crippen LogP contribution is -2.51. The second kappa shape index (κ2) is 8.00. The van der Waals surface area contributed by atoms with Crippen LogP contribution in [0, 0.1) is 20.8 Å². The first-order valence-electron chi connectivity index (χ1n) is 8.82. The molecule has 0 bridgehead atoms. The molecule has 3 rings (SSSR count). The van der Waals surface area contributed by atoms with Gasteiger partial charge in [0.05, 0.1) is 4.90 Å². The van der Waals surface area contributed by atoms with Crippen LogP contribution in [0.15, 0.2) is 35.2 Å². The van der Waals surface area contributed by atoms with Gasteiger partial charge in [-0.3, -0.25) is 4.79 Å². The van der Waals surface area contributed by atoms with E-state index < -0.39 is 10.0 Å². The molecule has 1 aromatic carbocycles. The molecule has 0 unspecified atom stereocenters. The third kappa shape index (κ3) is 4.34. The maximum atomic E-state index is 12.9. The van der Waals surface area contributed by atoms with Gasteiger partial charge < -0.3 is 9.64 Å². The zero-order valence-electron chi connectivity index (χ0n) is 15.8. The van der Waals surface area contributed by atoms with Gasteiger partial charge in [0.1, 0.15) is 5.75 Å². The van der Waals surface area contributed by atoms with E-state index in [0.29, 0.717) is 36.8 Å². The molecule has 146 valence electrons. The van der Waals surface area contributed by atoms with Crippen molar-refractivity contribution in [3.05, 3.63) is 45.6 Å². The Labute approximate surface area is 164 Å². The lowest BCUT2D eigenvalue weighted by molar-refractivity contribution is -0.134. The van der Waals surface area contributed by atoms with Crippen LogP contribution in [0.2, 0.25) is 0 Å². The fraction of sp³-hybridized carbons (Fsp3) is 0.421. The number of nitrogens with zero attached hydrogens (tertiary/aromatic N) is 2. The molecule has 1 aromatic heterocycles. The van der Waals surface area contributed by atoms with E-state index in [1.54, 1.807) is 11.0 Å². The topological polar surface area (TPSA) is 66.9 Å². The van der Waals surface area contributed by atoms with Crippen molar-refractivity contribution >= 4 is 27.3 Å². The summed E-state index contributed by atoms with van der Waals surface area (Å²) in [5.74, 6) is 0.563. The van der Waals surface area contributed by atoms with E-state index in [4.69, 9.17) is 4.74 Å². The van der Waals surface area contributed by atoms with Crippen LogP contribution in [0.3, 0.4) is 0 Å². The maximum absolute atomic E-state index is 12.9. The van der Waals surface area contributed by atoms with Gasteiger partial charge in [-0.1, -0.05) is 18.2 Å². The minimum Gasteiger partial charge on any atom is -0.484 e. The highest BCUT2D eigenvalue weighted by atomic mass is 32.2. The number of thiophene rings is 1. The van der Waals surface area contributed by atoms with E-state index in [1.807, 2.05) is 45.0 Å². The Bertz CT molecular complexity index is 929. The molecule has 8 heteroatoms. The summed E-state index contributed by atoms with van der Waals surface area (Å²) in [6.45, 7) is 6.96. The molecule has 1 amide bonds. The number of rotatable bonds is 5. The highest BCUT2D eigenvalue weighted by Crippen LogP contribution is 2.28. The van der Waals surface area contributed by atoms with Crippen molar-refractivity contribution in [2.45, 2.75) is 25.7 Å². The molecule has 6 nitrogen and oxygen atoms in total. The van der Waals surface area contributed by atoms with Gasteiger partial charge in [0.15, 0.2) is 6.61 Å². The van der Waals surface area contributed by atoms with Crippen molar-refractivity contribution < 1.29 is 17.9 Å².